The molecule has 1 aliphatic rings. The summed E-state index contributed by atoms with van der Waals surface area (Å²) in [4.78, 5) is 3.81. The second-order valence-corrected chi connectivity index (χ2v) is 7.76. The summed E-state index contributed by atoms with van der Waals surface area (Å²) < 4.78 is 2.00. The van der Waals surface area contributed by atoms with Gasteiger partial charge in [-0.05, 0) is 49.5 Å². The first-order valence-electron chi connectivity index (χ1n) is 9.47. The van der Waals surface area contributed by atoms with Gasteiger partial charge in [0.05, 0.1) is 10.6 Å². The second kappa shape index (κ2) is 8.16. The van der Waals surface area contributed by atoms with Crippen molar-refractivity contribution < 1.29 is 0 Å². The van der Waals surface area contributed by atoms with Crippen molar-refractivity contribution in [3.05, 3.63) is 59.6 Å². The van der Waals surface area contributed by atoms with Crippen LogP contribution in [-0.2, 0) is 6.54 Å². The van der Waals surface area contributed by atoms with Crippen LogP contribution in [0.25, 0.3) is 16.3 Å². The minimum Gasteiger partial charge on any atom is -0.311 e. The number of likely N-dealkylation sites (tertiary alicyclic amines) is 1. The van der Waals surface area contributed by atoms with E-state index >= 15 is 0 Å². The topological polar surface area (TPSA) is 33.1 Å². The SMILES string of the molecule is CCN1CCC[C@H]1CNCc1cn(-c2ccccc2)nc1-c1cccs1. The fourth-order valence-corrected chi connectivity index (χ4v) is 4.53. The van der Waals surface area contributed by atoms with Gasteiger partial charge in [-0.15, -0.1) is 11.3 Å². The molecule has 0 amide bonds. The molecule has 0 radical (unpaired) electrons. The van der Waals surface area contributed by atoms with Gasteiger partial charge in [0.15, 0.2) is 0 Å². The molecule has 1 aromatic carbocycles. The van der Waals surface area contributed by atoms with Gasteiger partial charge in [-0.3, -0.25) is 4.90 Å². The van der Waals surface area contributed by atoms with Crippen LogP contribution in [0.4, 0.5) is 0 Å². The Morgan fingerprint density at radius 3 is 2.85 bits per heavy atom. The largest absolute Gasteiger partial charge is 0.311 e. The zero-order valence-corrected chi connectivity index (χ0v) is 16.1. The van der Waals surface area contributed by atoms with Crippen molar-refractivity contribution in [2.24, 2.45) is 0 Å². The fourth-order valence-electron chi connectivity index (χ4n) is 3.79. The number of nitrogens with one attached hydrogen (secondary N) is 1. The monoisotopic (exact) mass is 366 g/mol. The molecule has 4 rings (SSSR count). The molecule has 1 fully saturated rings. The van der Waals surface area contributed by atoms with Crippen LogP contribution < -0.4 is 5.32 Å². The van der Waals surface area contributed by atoms with Crippen molar-refractivity contribution in [3.63, 3.8) is 0 Å². The maximum absolute atomic E-state index is 4.88. The van der Waals surface area contributed by atoms with E-state index in [1.807, 2.05) is 10.7 Å². The number of hydrogen-bond donors (Lipinski definition) is 1. The van der Waals surface area contributed by atoms with Crippen LogP contribution in [0.2, 0.25) is 0 Å². The predicted octanol–water partition coefficient (Wildman–Crippen LogP) is 4.17. The molecule has 1 atom stereocenters. The summed E-state index contributed by atoms with van der Waals surface area (Å²) in [7, 11) is 0. The third kappa shape index (κ3) is 3.75. The van der Waals surface area contributed by atoms with Crippen molar-refractivity contribution in [3.8, 4) is 16.3 Å². The van der Waals surface area contributed by atoms with Crippen LogP contribution in [0.5, 0.6) is 0 Å². The van der Waals surface area contributed by atoms with E-state index in [0.29, 0.717) is 6.04 Å². The third-order valence-electron chi connectivity index (χ3n) is 5.17. The van der Waals surface area contributed by atoms with Crippen LogP contribution in [0.3, 0.4) is 0 Å². The van der Waals surface area contributed by atoms with E-state index in [2.05, 4.69) is 65.1 Å². The van der Waals surface area contributed by atoms with Gasteiger partial charge in [-0.2, -0.15) is 5.10 Å². The molecule has 2 aromatic heterocycles. The molecular formula is C21H26N4S. The Morgan fingerprint density at radius 1 is 1.19 bits per heavy atom. The van der Waals surface area contributed by atoms with Crippen molar-refractivity contribution in [1.82, 2.24) is 20.0 Å². The van der Waals surface area contributed by atoms with E-state index in [0.717, 1.165) is 31.0 Å². The molecule has 1 saturated heterocycles. The second-order valence-electron chi connectivity index (χ2n) is 6.82. The maximum atomic E-state index is 4.88. The summed E-state index contributed by atoms with van der Waals surface area (Å²) in [6.45, 7) is 6.56. The molecule has 26 heavy (non-hydrogen) atoms. The van der Waals surface area contributed by atoms with Gasteiger partial charge in [-0.25, -0.2) is 4.68 Å². The number of rotatable bonds is 7. The summed E-state index contributed by atoms with van der Waals surface area (Å²) >= 11 is 1.75. The van der Waals surface area contributed by atoms with Crippen LogP contribution in [-0.4, -0.2) is 40.4 Å². The average Bonchev–Trinajstić information content (AvgIpc) is 3.43. The summed E-state index contributed by atoms with van der Waals surface area (Å²) in [5, 5.41) is 10.7. The van der Waals surface area contributed by atoms with Gasteiger partial charge < -0.3 is 5.32 Å². The molecule has 136 valence electrons. The molecule has 0 spiro atoms. The lowest BCUT2D eigenvalue weighted by Crippen LogP contribution is -2.37. The Morgan fingerprint density at radius 2 is 2.08 bits per heavy atom. The highest BCUT2D eigenvalue weighted by atomic mass is 32.1. The van der Waals surface area contributed by atoms with Crippen molar-refractivity contribution in [2.45, 2.75) is 32.4 Å². The summed E-state index contributed by atoms with van der Waals surface area (Å²) in [6.07, 6.45) is 4.80. The lowest BCUT2D eigenvalue weighted by atomic mass is 10.2. The molecule has 1 aliphatic heterocycles. The van der Waals surface area contributed by atoms with Gasteiger partial charge in [0.1, 0.15) is 5.69 Å². The molecular weight excluding hydrogens is 340 g/mol. The van der Waals surface area contributed by atoms with Crippen molar-refractivity contribution >= 4 is 11.3 Å². The molecule has 4 nitrogen and oxygen atoms in total. The van der Waals surface area contributed by atoms with E-state index in [1.54, 1.807) is 11.3 Å². The standard InChI is InChI=1S/C21H26N4S/c1-2-24-12-6-10-19(24)15-22-14-17-16-25(18-8-4-3-5-9-18)23-21(17)20-11-7-13-26-20/h3-5,7-9,11,13,16,19,22H,2,6,10,12,14-15H2,1H3/t19-/m0/s1. The molecule has 0 aliphatic carbocycles. The summed E-state index contributed by atoms with van der Waals surface area (Å²) in [6, 6.07) is 15.3. The summed E-state index contributed by atoms with van der Waals surface area (Å²) in [5.41, 5.74) is 3.46. The quantitative estimate of drug-likeness (QED) is 0.681. The van der Waals surface area contributed by atoms with Gasteiger partial charge in [0, 0.05) is 30.9 Å². The lowest BCUT2D eigenvalue weighted by molar-refractivity contribution is 0.260. The number of benzene rings is 1. The number of hydrogen-bond acceptors (Lipinski definition) is 4. The molecule has 0 bridgehead atoms. The molecule has 3 heterocycles. The smallest absolute Gasteiger partial charge is 0.107 e. The van der Waals surface area contributed by atoms with Crippen LogP contribution in [0.15, 0.2) is 54.0 Å². The lowest BCUT2D eigenvalue weighted by Gasteiger charge is -2.22. The average molecular weight is 367 g/mol. The van der Waals surface area contributed by atoms with Gasteiger partial charge in [-0.1, -0.05) is 31.2 Å². The van der Waals surface area contributed by atoms with Crippen LogP contribution in [0.1, 0.15) is 25.3 Å². The van der Waals surface area contributed by atoms with Crippen molar-refractivity contribution in [2.75, 3.05) is 19.6 Å². The molecule has 0 unspecified atom stereocenters. The van der Waals surface area contributed by atoms with Gasteiger partial charge in [0.2, 0.25) is 0 Å². The van der Waals surface area contributed by atoms with Gasteiger partial charge >= 0.3 is 0 Å². The highest BCUT2D eigenvalue weighted by Gasteiger charge is 2.22. The Bertz CT molecular complexity index is 810. The number of nitrogens with zero attached hydrogens (tertiary/aromatic N) is 3. The summed E-state index contributed by atoms with van der Waals surface area (Å²) in [5.74, 6) is 0. The number of thiophene rings is 1. The van der Waals surface area contributed by atoms with E-state index in [9.17, 15) is 0 Å². The Kier molecular flexibility index (Phi) is 5.48. The van der Waals surface area contributed by atoms with Crippen LogP contribution >= 0.6 is 11.3 Å². The molecule has 0 saturated carbocycles. The van der Waals surface area contributed by atoms with E-state index in [4.69, 9.17) is 5.10 Å². The van der Waals surface area contributed by atoms with Crippen molar-refractivity contribution in [1.29, 1.82) is 0 Å². The zero-order valence-electron chi connectivity index (χ0n) is 15.3. The Balaban J connectivity index is 1.51. The maximum Gasteiger partial charge on any atom is 0.107 e. The zero-order chi connectivity index (χ0) is 17.8. The fraction of sp³-hybridized carbons (Fsp3) is 0.381. The first-order valence-corrected chi connectivity index (χ1v) is 10.4. The molecule has 5 heteroatoms. The minimum atomic E-state index is 0.675. The van der Waals surface area contributed by atoms with E-state index in [-0.39, 0.29) is 0 Å². The molecule has 1 N–H and O–H groups in total. The number of likely N-dealkylation sites (N-methyl/N-ethyl adjacent to an activating group) is 1. The highest BCUT2D eigenvalue weighted by molar-refractivity contribution is 7.13. The number of aromatic nitrogens is 2. The Labute approximate surface area is 159 Å². The first kappa shape index (κ1) is 17.5. The number of para-hydroxylation sites is 1. The normalized spacial score (nSPS) is 17.8. The van der Waals surface area contributed by atoms with E-state index in [1.165, 1.54) is 29.8 Å². The highest BCUT2D eigenvalue weighted by Crippen LogP contribution is 2.28. The Hall–Kier alpha value is -1.95. The van der Waals surface area contributed by atoms with Gasteiger partial charge in [0.25, 0.3) is 0 Å². The van der Waals surface area contributed by atoms with E-state index < -0.39 is 0 Å². The van der Waals surface area contributed by atoms with Crippen LogP contribution in [0, 0.1) is 0 Å². The third-order valence-corrected chi connectivity index (χ3v) is 6.04. The minimum absolute atomic E-state index is 0.675. The first-order chi connectivity index (χ1) is 12.8. The predicted molar refractivity (Wildman–Crippen MR) is 109 cm³/mol. The molecule has 3 aromatic rings.